The molecule has 0 aliphatic carbocycles. The molecule has 3 nitrogen and oxygen atoms in total. The van der Waals surface area contributed by atoms with Crippen molar-refractivity contribution in [3.8, 4) is 5.75 Å². The minimum absolute atomic E-state index is 0.0534. The molecule has 25 heavy (non-hydrogen) atoms. The third-order valence-corrected chi connectivity index (χ3v) is 4.11. The first-order valence-corrected chi connectivity index (χ1v) is 8.29. The Morgan fingerprint density at radius 3 is 2.24 bits per heavy atom. The lowest BCUT2D eigenvalue weighted by Gasteiger charge is -2.11. The van der Waals surface area contributed by atoms with E-state index in [1.165, 1.54) is 5.56 Å². The molecule has 0 aliphatic rings. The maximum atomic E-state index is 12.6. The van der Waals surface area contributed by atoms with Gasteiger partial charge in [0.1, 0.15) is 5.75 Å². The Hall–Kier alpha value is -3.07. The molecule has 1 amide bonds. The molecular weight excluding hydrogens is 310 g/mol. The summed E-state index contributed by atoms with van der Waals surface area (Å²) in [4.78, 5) is 12.6. The molecule has 0 aromatic heterocycles. The quantitative estimate of drug-likeness (QED) is 0.734. The molecule has 3 heteroatoms. The molecule has 0 spiro atoms. The van der Waals surface area contributed by atoms with Crippen molar-refractivity contribution < 1.29 is 9.53 Å². The summed E-state index contributed by atoms with van der Waals surface area (Å²) in [5, 5.41) is 3.00. The van der Waals surface area contributed by atoms with Gasteiger partial charge in [-0.3, -0.25) is 4.79 Å². The number of nitrogens with one attached hydrogen (secondary N) is 1. The smallest absolute Gasteiger partial charge is 0.251 e. The van der Waals surface area contributed by atoms with Crippen LogP contribution < -0.4 is 10.1 Å². The molecule has 3 aromatic carbocycles. The molecule has 1 N–H and O–H groups in total. The van der Waals surface area contributed by atoms with Gasteiger partial charge in [-0.15, -0.1) is 0 Å². The van der Waals surface area contributed by atoms with Gasteiger partial charge in [0.05, 0.1) is 7.11 Å². The Labute approximate surface area is 148 Å². The summed E-state index contributed by atoms with van der Waals surface area (Å²) in [6.07, 6.45) is 0.743. The third-order valence-electron chi connectivity index (χ3n) is 4.11. The molecule has 0 unspecified atom stereocenters. The molecule has 3 aromatic rings. The molecule has 0 fully saturated rings. The first kappa shape index (κ1) is 16.8. The number of benzene rings is 3. The average molecular weight is 331 g/mol. The molecule has 0 bridgehead atoms. The van der Waals surface area contributed by atoms with Crippen LogP contribution in [0.25, 0.3) is 0 Å². The van der Waals surface area contributed by atoms with Gasteiger partial charge < -0.3 is 10.1 Å². The van der Waals surface area contributed by atoms with Crippen LogP contribution in [-0.4, -0.2) is 13.0 Å². The second-order valence-electron chi connectivity index (χ2n) is 5.85. The Bertz CT molecular complexity index is 826. The first-order chi connectivity index (χ1) is 12.3. The van der Waals surface area contributed by atoms with Gasteiger partial charge >= 0.3 is 0 Å². The van der Waals surface area contributed by atoms with Crippen molar-refractivity contribution in [2.45, 2.75) is 13.0 Å². The third kappa shape index (κ3) is 4.48. The van der Waals surface area contributed by atoms with Gasteiger partial charge in [0.2, 0.25) is 0 Å². The second-order valence-corrected chi connectivity index (χ2v) is 5.85. The summed E-state index contributed by atoms with van der Waals surface area (Å²) in [5.74, 6) is 0.755. The van der Waals surface area contributed by atoms with Crippen LogP contribution in [0.5, 0.6) is 5.75 Å². The summed E-state index contributed by atoms with van der Waals surface area (Å²) in [6, 6.07) is 25.6. The highest BCUT2D eigenvalue weighted by molar-refractivity contribution is 5.95. The zero-order chi connectivity index (χ0) is 17.5. The van der Waals surface area contributed by atoms with Crippen molar-refractivity contribution >= 4 is 5.91 Å². The molecular formula is C22H21NO2. The lowest BCUT2D eigenvalue weighted by Crippen LogP contribution is -2.24. The van der Waals surface area contributed by atoms with Gasteiger partial charge in [0.25, 0.3) is 5.91 Å². The minimum atomic E-state index is -0.0534. The molecule has 0 heterocycles. The second kappa shape index (κ2) is 8.15. The van der Waals surface area contributed by atoms with E-state index < -0.39 is 0 Å². The van der Waals surface area contributed by atoms with Crippen molar-refractivity contribution in [2.24, 2.45) is 0 Å². The van der Waals surface area contributed by atoms with E-state index in [0.717, 1.165) is 28.9 Å². The molecule has 0 aliphatic heterocycles. The fourth-order valence-corrected chi connectivity index (χ4v) is 2.73. The summed E-state index contributed by atoms with van der Waals surface area (Å²) in [5.41, 5.74) is 3.98. The minimum Gasteiger partial charge on any atom is -0.497 e. The van der Waals surface area contributed by atoms with Crippen molar-refractivity contribution in [1.82, 2.24) is 5.32 Å². The van der Waals surface area contributed by atoms with Crippen LogP contribution in [0.1, 0.15) is 27.0 Å². The van der Waals surface area contributed by atoms with E-state index in [2.05, 4.69) is 17.4 Å². The van der Waals surface area contributed by atoms with Crippen molar-refractivity contribution in [1.29, 1.82) is 0 Å². The summed E-state index contributed by atoms with van der Waals surface area (Å²) in [7, 11) is 1.64. The van der Waals surface area contributed by atoms with Crippen LogP contribution in [0, 0.1) is 0 Å². The largest absolute Gasteiger partial charge is 0.497 e. The Morgan fingerprint density at radius 2 is 1.52 bits per heavy atom. The Balaban J connectivity index is 1.69. The summed E-state index contributed by atoms with van der Waals surface area (Å²) in [6.45, 7) is 0.489. The summed E-state index contributed by atoms with van der Waals surface area (Å²) < 4.78 is 5.15. The van der Waals surface area contributed by atoms with Gasteiger partial charge in [0, 0.05) is 12.1 Å². The zero-order valence-corrected chi connectivity index (χ0v) is 14.2. The molecule has 0 atom stereocenters. The number of rotatable bonds is 6. The standard InChI is InChI=1S/C22H21NO2/c1-25-20-13-11-18(12-14-20)16-23-22(24)21-10-6-5-9-19(21)15-17-7-3-2-4-8-17/h2-14H,15-16H2,1H3,(H,23,24). The topological polar surface area (TPSA) is 38.3 Å². The van der Waals surface area contributed by atoms with E-state index in [9.17, 15) is 4.79 Å². The number of hydrogen-bond donors (Lipinski definition) is 1. The van der Waals surface area contributed by atoms with E-state index >= 15 is 0 Å². The SMILES string of the molecule is COc1ccc(CNC(=O)c2ccccc2Cc2ccccc2)cc1. The van der Waals surface area contributed by atoms with Gasteiger partial charge in [-0.05, 0) is 41.3 Å². The maximum absolute atomic E-state index is 12.6. The van der Waals surface area contributed by atoms with Gasteiger partial charge in [-0.1, -0.05) is 60.7 Å². The lowest BCUT2D eigenvalue weighted by atomic mass is 9.99. The van der Waals surface area contributed by atoms with Crippen LogP contribution in [0.2, 0.25) is 0 Å². The molecule has 126 valence electrons. The Morgan fingerprint density at radius 1 is 0.840 bits per heavy atom. The van der Waals surface area contributed by atoms with Crippen LogP contribution in [0.4, 0.5) is 0 Å². The van der Waals surface area contributed by atoms with E-state index in [0.29, 0.717) is 6.54 Å². The van der Waals surface area contributed by atoms with Crippen LogP contribution >= 0.6 is 0 Å². The Kier molecular flexibility index (Phi) is 5.47. The number of ether oxygens (including phenoxy) is 1. The van der Waals surface area contributed by atoms with Gasteiger partial charge in [-0.2, -0.15) is 0 Å². The summed E-state index contributed by atoms with van der Waals surface area (Å²) >= 11 is 0. The monoisotopic (exact) mass is 331 g/mol. The van der Waals surface area contributed by atoms with Crippen LogP contribution in [0.3, 0.4) is 0 Å². The van der Waals surface area contributed by atoms with E-state index in [1.807, 2.05) is 66.7 Å². The van der Waals surface area contributed by atoms with E-state index in [4.69, 9.17) is 4.74 Å². The first-order valence-electron chi connectivity index (χ1n) is 8.29. The molecule has 3 rings (SSSR count). The normalized spacial score (nSPS) is 10.3. The highest BCUT2D eigenvalue weighted by Gasteiger charge is 2.11. The average Bonchev–Trinajstić information content (AvgIpc) is 2.68. The fourth-order valence-electron chi connectivity index (χ4n) is 2.73. The van der Waals surface area contributed by atoms with Crippen molar-refractivity contribution in [3.05, 3.63) is 101 Å². The molecule has 0 saturated heterocycles. The van der Waals surface area contributed by atoms with Gasteiger partial charge in [-0.25, -0.2) is 0 Å². The number of carbonyl (C=O) groups excluding carboxylic acids is 1. The zero-order valence-electron chi connectivity index (χ0n) is 14.2. The van der Waals surface area contributed by atoms with E-state index in [-0.39, 0.29) is 5.91 Å². The van der Waals surface area contributed by atoms with Crippen LogP contribution in [-0.2, 0) is 13.0 Å². The number of amides is 1. The van der Waals surface area contributed by atoms with Gasteiger partial charge in [0.15, 0.2) is 0 Å². The van der Waals surface area contributed by atoms with Crippen molar-refractivity contribution in [3.63, 3.8) is 0 Å². The van der Waals surface area contributed by atoms with E-state index in [1.54, 1.807) is 7.11 Å². The highest BCUT2D eigenvalue weighted by atomic mass is 16.5. The van der Waals surface area contributed by atoms with Crippen molar-refractivity contribution in [2.75, 3.05) is 7.11 Å². The highest BCUT2D eigenvalue weighted by Crippen LogP contribution is 2.15. The predicted octanol–water partition coefficient (Wildman–Crippen LogP) is 4.22. The number of methoxy groups -OCH3 is 1. The predicted molar refractivity (Wildman–Crippen MR) is 99.9 cm³/mol. The molecule has 0 saturated carbocycles. The maximum Gasteiger partial charge on any atom is 0.251 e. The van der Waals surface area contributed by atoms with Crippen LogP contribution in [0.15, 0.2) is 78.9 Å². The number of hydrogen-bond acceptors (Lipinski definition) is 2. The fraction of sp³-hybridized carbons (Fsp3) is 0.136. The number of carbonyl (C=O) groups is 1. The lowest BCUT2D eigenvalue weighted by molar-refractivity contribution is 0.0950. The molecule has 0 radical (unpaired) electrons.